The monoisotopic (exact) mass is 1850 g/mol. The van der Waals surface area contributed by atoms with Crippen LogP contribution in [-0.2, 0) is 0 Å². The molecule has 0 atom stereocenters. The number of quaternary nitrogens is 2. The summed E-state index contributed by atoms with van der Waals surface area (Å²) in [5.74, 6) is -168. The van der Waals surface area contributed by atoms with Crippen LogP contribution < -0.4 is 36.4 Å². The van der Waals surface area contributed by atoms with Gasteiger partial charge >= 0.3 is 126 Å². The van der Waals surface area contributed by atoms with E-state index in [2.05, 4.69) is 27.9 Å². The molecule has 0 aromatic rings. The van der Waals surface area contributed by atoms with Crippen LogP contribution in [0.5, 0.6) is 0 Å². The van der Waals surface area contributed by atoms with Crippen molar-refractivity contribution in [1.29, 1.82) is 0 Å². The van der Waals surface area contributed by atoms with E-state index in [1.165, 1.54) is 223 Å². The molecule has 50 heteroatoms. The van der Waals surface area contributed by atoms with Crippen molar-refractivity contribution < 1.29 is 247 Å². The Morgan fingerprint density at radius 3 is 0.422 bits per heavy atom. The lowest BCUT2D eigenvalue weighted by molar-refractivity contribution is -1.22. The lowest BCUT2D eigenvalue weighted by atomic mass is 9.82. The van der Waals surface area contributed by atoms with Gasteiger partial charge in [-0.05, 0) is 25.7 Å². The molecule has 0 rings (SSSR count). The first-order valence-electron chi connectivity index (χ1n) is 32.8. The van der Waals surface area contributed by atoms with Crippen LogP contribution in [0, 0.1) is 0 Å². The van der Waals surface area contributed by atoms with Crippen LogP contribution in [0.25, 0.3) is 0 Å². The molecule has 0 N–H and O–H groups in total. The molecule has 2 nitrogen and oxygen atoms in total. The molecule has 109 heavy (non-hydrogen) atoms. The lowest BCUT2D eigenvalue weighted by Crippen LogP contribution is -3.00. The molecule has 0 fully saturated rings. The Bertz CT molecular complexity index is 2500. The summed E-state index contributed by atoms with van der Waals surface area (Å²) in [6.07, 6.45) is 9.46. The highest BCUT2D eigenvalue weighted by atomic mass is 127. The maximum Gasteiger partial charge on any atom is 0.581 e. The molecule has 0 aliphatic rings. The Labute approximate surface area is 618 Å². The van der Waals surface area contributed by atoms with Gasteiger partial charge in [-0.25, -0.2) is 0 Å². The topological polar surface area (TPSA) is 0 Å². The van der Waals surface area contributed by atoms with Crippen molar-refractivity contribution in [3.63, 3.8) is 0 Å². The minimum atomic E-state index is -10.9. The summed E-state index contributed by atoms with van der Waals surface area (Å²) >= 11 is 0. The van der Waals surface area contributed by atoms with Crippen molar-refractivity contribution in [2.75, 3.05) is 27.2 Å². The Morgan fingerprint density at radius 2 is 0.294 bits per heavy atom. The van der Waals surface area contributed by atoms with Crippen LogP contribution in [0.1, 0.15) is 219 Å². The molecule has 0 aliphatic carbocycles. The highest BCUT2D eigenvalue weighted by Crippen LogP contribution is 2.72. The maximum atomic E-state index is 14.0. The van der Waals surface area contributed by atoms with Gasteiger partial charge < -0.3 is 40.9 Å². The normalized spacial score (nSPS) is 15.2. The molecule has 662 valence electrons. The molecule has 0 radical (unpaired) electrons. The highest BCUT2D eigenvalue weighted by molar-refractivity contribution is 5.23. The van der Waals surface area contributed by atoms with E-state index in [0.29, 0.717) is 0 Å². The van der Waals surface area contributed by atoms with E-state index in [1.807, 2.05) is 0 Å². The number of alkyl halides is 46. The van der Waals surface area contributed by atoms with Crippen LogP contribution in [0.15, 0.2) is 0 Å². The third kappa shape index (κ3) is 22.5. The summed E-state index contributed by atoms with van der Waals surface area (Å²) in [6.45, 7) is 7.39. The molecule has 0 amide bonds. The Balaban J connectivity index is -0.00000114. The van der Waals surface area contributed by atoms with Crippen molar-refractivity contribution in [2.45, 2.75) is 345 Å². The maximum absolute atomic E-state index is 14.0. The van der Waals surface area contributed by atoms with Crippen LogP contribution in [0.4, 0.5) is 202 Å². The average Bonchev–Trinajstić information content (AvgIpc) is 0.671. The van der Waals surface area contributed by atoms with E-state index < -0.39 is 130 Å². The van der Waals surface area contributed by atoms with Gasteiger partial charge in [0.2, 0.25) is 0 Å². The van der Waals surface area contributed by atoms with Gasteiger partial charge in [0.1, 0.15) is 0 Å². The van der Waals surface area contributed by atoms with Gasteiger partial charge in [-0.3, -0.25) is 0 Å². The summed E-state index contributed by atoms with van der Waals surface area (Å²) in [7, 11) is 4.94. The first kappa shape index (κ1) is 113. The van der Waals surface area contributed by atoms with E-state index >= 15 is 0 Å². The van der Waals surface area contributed by atoms with E-state index in [4.69, 9.17) is 0 Å². The summed E-state index contributed by atoms with van der Waals surface area (Å²) in [5.41, 5.74) is 0. The van der Waals surface area contributed by atoms with Crippen LogP contribution in [-0.4, -0.2) is 162 Å². The Hall–Kier alpha value is -2.28. The molecule has 0 saturated heterocycles. The second-order valence-corrected chi connectivity index (χ2v) is 26.3. The molecule has 0 aromatic carbocycles. The summed E-state index contributed by atoms with van der Waals surface area (Å²) in [5, 5.41) is 0. The fraction of sp³-hybridized carbons (Fsp3) is 1.00. The predicted octanol–water partition coefficient (Wildman–Crippen LogP) is 22.3. The highest BCUT2D eigenvalue weighted by Gasteiger charge is 3.06. The quantitative estimate of drug-likeness (QED) is 0.0187. The summed E-state index contributed by atoms with van der Waals surface area (Å²) < 4.78 is 613. The van der Waals surface area contributed by atoms with Crippen LogP contribution in [0.3, 0.4) is 0 Å². The Kier molecular flexibility index (Phi) is 41.7. The molecule has 0 saturated carbocycles. The van der Waals surface area contributed by atoms with E-state index in [0.717, 1.165) is 0 Å². The van der Waals surface area contributed by atoms with Crippen LogP contribution >= 0.6 is 0 Å². The first-order chi connectivity index (χ1) is 47.4. The third-order valence-corrected chi connectivity index (χ3v) is 17.4. The van der Waals surface area contributed by atoms with E-state index in [-0.39, 0.29) is 36.4 Å². The molecular formula is C59H80ClF46IN2. The largest absolute Gasteiger partial charge is 1.00 e. The van der Waals surface area contributed by atoms with Gasteiger partial charge in [-0.2, -0.15) is 154 Å². The second-order valence-electron chi connectivity index (χ2n) is 26.3. The number of nitrogens with zero attached hydrogens (tertiary/aromatic N) is 2. The number of hydrogen-bond donors (Lipinski definition) is 0. The van der Waals surface area contributed by atoms with Gasteiger partial charge in [0.15, 0.2) is 0 Å². The lowest BCUT2D eigenvalue weighted by Gasteiger charge is -2.48. The third-order valence-electron chi connectivity index (χ3n) is 17.4. The summed E-state index contributed by atoms with van der Waals surface area (Å²) in [4.78, 5) is 0. The number of hydrogen-bond acceptors (Lipinski definition) is 0. The molecule has 0 unspecified atom stereocenters. The number of rotatable bonds is 51. The van der Waals surface area contributed by atoms with Crippen molar-refractivity contribution in [3.8, 4) is 0 Å². The number of halogens is 48. The van der Waals surface area contributed by atoms with E-state index in [9.17, 15) is 202 Å². The van der Waals surface area contributed by atoms with Crippen molar-refractivity contribution >= 4 is 0 Å². The van der Waals surface area contributed by atoms with Gasteiger partial charge in [0.25, 0.3) is 0 Å². The zero-order valence-corrected chi connectivity index (χ0v) is 60.5. The van der Waals surface area contributed by atoms with Gasteiger partial charge in [-0.15, -0.1) is 48.3 Å². The van der Waals surface area contributed by atoms with Crippen LogP contribution in [0.2, 0.25) is 0 Å². The van der Waals surface area contributed by atoms with Crippen molar-refractivity contribution in [2.24, 2.45) is 0 Å². The predicted molar refractivity (Wildman–Crippen MR) is 290 cm³/mol. The molecule has 0 heterocycles. The fourth-order valence-electron chi connectivity index (χ4n) is 10.5. The molecule has 0 bridgehead atoms. The van der Waals surface area contributed by atoms with Crippen molar-refractivity contribution in [1.82, 2.24) is 0 Å². The van der Waals surface area contributed by atoms with E-state index in [1.54, 1.807) is 0 Å². The molecular weight excluding hydrogens is 1770 g/mol. The van der Waals surface area contributed by atoms with Gasteiger partial charge in [0.05, 0.1) is 27.2 Å². The molecule has 0 aliphatic heterocycles. The number of unbranched alkanes of at least 4 members (excludes halogenated alkanes) is 30. The minimum Gasteiger partial charge on any atom is -1.00 e. The summed E-state index contributed by atoms with van der Waals surface area (Å²) in [6, 6.07) is -10.6. The van der Waals surface area contributed by atoms with Gasteiger partial charge in [-0.1, -0.05) is 194 Å². The Morgan fingerprint density at radius 1 is 0.174 bits per heavy atom. The van der Waals surface area contributed by atoms with Gasteiger partial charge in [0, 0.05) is 4.48 Å². The SMILES string of the molecule is CCCCCCCCCCCCCCCCCC[N+](C)(C)CCCCCCCCCCCCCCCCCC.FC(F)(F)C(F)(F)C(F)(F)C(F)(F)C(F)(F)C(F)(F)C(F)(F)C(F)(F)C(F)(F)C(F)(F)C(F)(F)C(F)(F)C(F)(F)C(F)(F)C(F)(F)C(F)(F)C(F)(F)C(F)(F)[N+](C(F)(F)F)(C(F)(F)F)C(F)(F)F.[Cl-].[I-]. The zero-order valence-electron chi connectivity index (χ0n) is 57.6. The molecule has 0 spiro atoms. The average molecular weight is 1850 g/mol. The minimum absolute atomic E-state index is 0. The molecule has 0 aromatic heterocycles. The van der Waals surface area contributed by atoms with Crippen molar-refractivity contribution in [3.05, 3.63) is 0 Å². The fourth-order valence-corrected chi connectivity index (χ4v) is 10.5. The standard InChI is InChI=1S/C38H80N.C21F46N.ClH.HI/c1-5-7-9-11-13-15-17-19-21-23-25-27-29-31-33-35-37-39(3,4)38-36-34-32-30-28-26-24-22-20-18-16-14-12-10-8-6-2;22-1(23,3(26,27)5(30,31)7(34,35)9(38,39)11(42,43)13(46,47)15(50,51)17(54,55)56)2(24,25)4(28,29)6(32,33)8(36,37)10(40,41)12(44,45)14(48,49)16(52,53)18(57,58)68(19(59,60)61,20(62,63)64)21(65,66)67;;/h5-38H2,1-4H3;;2*1H/q2*+1;;/p-2. The first-order valence-corrected chi connectivity index (χ1v) is 32.8. The second kappa shape index (κ2) is 40.2. The smallest absolute Gasteiger partial charge is 0.581 e. The zero-order chi connectivity index (χ0) is 85.5.